The second kappa shape index (κ2) is 9.10. The molecule has 0 fully saturated rings. The lowest BCUT2D eigenvalue weighted by molar-refractivity contribution is 0.100. The maximum absolute atomic E-state index is 14.5. The molecule has 1 aromatic heterocycles. The molecule has 1 aliphatic heterocycles. The van der Waals surface area contributed by atoms with Crippen LogP contribution in [-0.2, 0) is 19.4 Å². The Morgan fingerprint density at radius 2 is 2.00 bits per heavy atom. The number of rotatable bonds is 6. The molecule has 4 N–H and O–H groups in total. The molecule has 0 spiro atoms. The summed E-state index contributed by atoms with van der Waals surface area (Å²) in [6.45, 7) is 1.79. The van der Waals surface area contributed by atoms with E-state index in [2.05, 4.69) is 32.5 Å². The molecule has 1 aliphatic carbocycles. The Morgan fingerprint density at radius 3 is 2.77 bits per heavy atom. The number of carbonyl (C=O) groups is 1. The molecule has 3 aromatic rings. The van der Waals surface area contributed by atoms with Gasteiger partial charge in [0.25, 0.3) is 5.91 Å². The van der Waals surface area contributed by atoms with Crippen LogP contribution in [0.15, 0.2) is 30.5 Å². The Hall–Kier alpha value is -3.79. The van der Waals surface area contributed by atoms with E-state index in [1.807, 2.05) is 12.1 Å². The molecule has 0 saturated carbocycles. The number of benzene rings is 2. The molecule has 0 saturated heterocycles. The van der Waals surface area contributed by atoms with Crippen LogP contribution in [0.4, 0.5) is 26.2 Å². The number of primary amides is 1. The number of likely N-dealkylation sites (N-methyl/N-ethyl adjacent to an activating group) is 1. The minimum atomic E-state index is -0.716. The first-order valence-corrected chi connectivity index (χ1v) is 11.4. The van der Waals surface area contributed by atoms with E-state index in [1.54, 1.807) is 7.11 Å². The number of hydrogen-bond acceptors (Lipinski definition) is 7. The van der Waals surface area contributed by atoms with Gasteiger partial charge in [-0.1, -0.05) is 0 Å². The average molecular weight is 481 g/mol. The molecule has 182 valence electrons. The molecule has 35 heavy (non-hydrogen) atoms. The lowest BCUT2D eigenvalue weighted by Crippen LogP contribution is -2.26. The standard InChI is InChI=1S/C25H26F2N6O2/c1-33-6-5-13-9-21(35-2)20(8-15(13)12-33)31-25-29-11-17(23(28)34)24(32-25)30-19-4-3-14-7-16(26)10-18(27)22(14)19/h7-11,19H,3-6,12H2,1-2H3,(H2,28,34)(H2,29,30,31,32). The highest BCUT2D eigenvalue weighted by molar-refractivity contribution is 5.97. The van der Waals surface area contributed by atoms with Gasteiger partial charge in [-0.15, -0.1) is 0 Å². The Bertz CT molecular complexity index is 1320. The van der Waals surface area contributed by atoms with Crippen LogP contribution >= 0.6 is 0 Å². The van der Waals surface area contributed by atoms with Crippen molar-refractivity contribution < 1.29 is 18.3 Å². The fourth-order valence-corrected chi connectivity index (χ4v) is 4.84. The van der Waals surface area contributed by atoms with Crippen molar-refractivity contribution in [1.82, 2.24) is 14.9 Å². The monoisotopic (exact) mass is 480 g/mol. The maximum Gasteiger partial charge on any atom is 0.254 e. The van der Waals surface area contributed by atoms with E-state index in [-0.39, 0.29) is 17.3 Å². The van der Waals surface area contributed by atoms with Gasteiger partial charge in [-0.05, 0) is 61.2 Å². The van der Waals surface area contributed by atoms with Crippen molar-refractivity contribution in [3.63, 3.8) is 0 Å². The molecule has 1 amide bonds. The third-order valence-electron chi connectivity index (χ3n) is 6.57. The van der Waals surface area contributed by atoms with Gasteiger partial charge in [0.05, 0.1) is 24.4 Å². The maximum atomic E-state index is 14.5. The molecule has 2 heterocycles. The largest absolute Gasteiger partial charge is 0.495 e. The van der Waals surface area contributed by atoms with E-state index in [0.29, 0.717) is 35.4 Å². The molecule has 0 radical (unpaired) electrons. The van der Waals surface area contributed by atoms with Crippen molar-refractivity contribution in [1.29, 1.82) is 0 Å². The molecular formula is C25H26F2N6O2. The van der Waals surface area contributed by atoms with E-state index >= 15 is 0 Å². The van der Waals surface area contributed by atoms with E-state index in [0.717, 1.165) is 25.6 Å². The molecule has 0 bridgehead atoms. The fourth-order valence-electron chi connectivity index (χ4n) is 4.84. The number of nitrogens with zero attached hydrogens (tertiary/aromatic N) is 3. The highest BCUT2D eigenvalue weighted by atomic mass is 19.1. The lowest BCUT2D eigenvalue weighted by Gasteiger charge is -2.26. The van der Waals surface area contributed by atoms with Gasteiger partial charge < -0.3 is 26.0 Å². The van der Waals surface area contributed by atoms with Crippen LogP contribution in [0.25, 0.3) is 0 Å². The lowest BCUT2D eigenvalue weighted by atomic mass is 9.99. The number of amides is 1. The Morgan fingerprint density at radius 1 is 1.17 bits per heavy atom. The van der Waals surface area contributed by atoms with Gasteiger partial charge >= 0.3 is 0 Å². The van der Waals surface area contributed by atoms with Crippen molar-refractivity contribution in [3.8, 4) is 5.75 Å². The van der Waals surface area contributed by atoms with E-state index in [9.17, 15) is 13.6 Å². The van der Waals surface area contributed by atoms with Crippen molar-refractivity contribution >= 4 is 23.4 Å². The van der Waals surface area contributed by atoms with Gasteiger partial charge in [-0.25, -0.2) is 13.8 Å². The van der Waals surface area contributed by atoms with Gasteiger partial charge in [-0.3, -0.25) is 4.79 Å². The summed E-state index contributed by atoms with van der Waals surface area (Å²) in [5, 5.41) is 6.30. The molecule has 2 aromatic carbocycles. The van der Waals surface area contributed by atoms with E-state index < -0.39 is 23.6 Å². The molecular weight excluding hydrogens is 454 g/mol. The van der Waals surface area contributed by atoms with E-state index in [1.165, 1.54) is 23.4 Å². The van der Waals surface area contributed by atoms with Crippen LogP contribution in [0.2, 0.25) is 0 Å². The number of carbonyl (C=O) groups excluding carboxylic acids is 1. The van der Waals surface area contributed by atoms with Crippen molar-refractivity contribution in [2.24, 2.45) is 5.73 Å². The minimum absolute atomic E-state index is 0.0746. The summed E-state index contributed by atoms with van der Waals surface area (Å²) in [6, 6.07) is 5.74. The Labute approximate surface area is 201 Å². The molecule has 1 unspecified atom stereocenters. The van der Waals surface area contributed by atoms with Crippen LogP contribution in [0.5, 0.6) is 5.75 Å². The molecule has 2 aliphatic rings. The predicted octanol–water partition coefficient (Wildman–Crippen LogP) is 3.69. The number of hydrogen-bond donors (Lipinski definition) is 3. The zero-order valence-electron chi connectivity index (χ0n) is 19.5. The first kappa shape index (κ1) is 23.0. The third-order valence-corrected chi connectivity index (χ3v) is 6.57. The van der Waals surface area contributed by atoms with Gasteiger partial charge in [0.2, 0.25) is 5.95 Å². The Kier molecular flexibility index (Phi) is 5.98. The molecule has 5 rings (SSSR count). The number of methoxy groups -OCH3 is 1. The Balaban J connectivity index is 1.47. The van der Waals surface area contributed by atoms with Gasteiger partial charge in [-0.2, -0.15) is 4.98 Å². The van der Waals surface area contributed by atoms with E-state index in [4.69, 9.17) is 10.5 Å². The van der Waals surface area contributed by atoms with Gasteiger partial charge in [0.1, 0.15) is 23.2 Å². The average Bonchev–Trinajstić information content (AvgIpc) is 3.21. The summed E-state index contributed by atoms with van der Waals surface area (Å²) in [7, 11) is 3.67. The minimum Gasteiger partial charge on any atom is -0.495 e. The predicted molar refractivity (Wildman–Crippen MR) is 128 cm³/mol. The van der Waals surface area contributed by atoms with Crippen molar-refractivity contribution in [2.75, 3.05) is 31.3 Å². The highest BCUT2D eigenvalue weighted by Gasteiger charge is 2.28. The number of anilines is 3. The summed E-state index contributed by atoms with van der Waals surface area (Å²) < 4.78 is 33.8. The molecule has 1 atom stereocenters. The van der Waals surface area contributed by atoms with Crippen LogP contribution in [0, 0.1) is 11.6 Å². The topological polar surface area (TPSA) is 105 Å². The quantitative estimate of drug-likeness (QED) is 0.494. The SMILES string of the molecule is COc1cc2c(cc1Nc1ncc(C(N)=O)c(NC3CCc4cc(F)cc(F)c43)n1)CN(C)CC2. The van der Waals surface area contributed by atoms with Crippen LogP contribution < -0.4 is 21.1 Å². The third kappa shape index (κ3) is 4.49. The summed E-state index contributed by atoms with van der Waals surface area (Å²) >= 11 is 0. The molecule has 8 nitrogen and oxygen atoms in total. The summed E-state index contributed by atoms with van der Waals surface area (Å²) in [5.74, 6) is -0.915. The smallest absolute Gasteiger partial charge is 0.254 e. The molecule has 10 heteroatoms. The van der Waals surface area contributed by atoms with Crippen LogP contribution in [0.3, 0.4) is 0 Å². The normalized spacial score (nSPS) is 17.0. The van der Waals surface area contributed by atoms with Crippen LogP contribution in [-0.4, -0.2) is 41.5 Å². The summed E-state index contributed by atoms with van der Waals surface area (Å²) in [4.78, 5) is 23.0. The van der Waals surface area contributed by atoms with Crippen molar-refractivity contribution in [3.05, 3.63) is 69.9 Å². The summed E-state index contributed by atoms with van der Waals surface area (Å²) in [6.07, 6.45) is 3.29. The highest BCUT2D eigenvalue weighted by Crippen LogP contribution is 2.37. The first-order valence-electron chi connectivity index (χ1n) is 11.4. The number of halogens is 2. The number of ether oxygens (including phenoxy) is 1. The second-order valence-corrected chi connectivity index (χ2v) is 8.95. The zero-order valence-corrected chi connectivity index (χ0v) is 19.5. The second-order valence-electron chi connectivity index (χ2n) is 8.95. The number of aryl methyl sites for hydroxylation is 1. The number of nitrogens with two attached hydrogens (primary N) is 1. The van der Waals surface area contributed by atoms with Crippen molar-refractivity contribution in [2.45, 2.75) is 31.8 Å². The van der Waals surface area contributed by atoms with Crippen LogP contribution in [0.1, 0.15) is 45.1 Å². The number of nitrogens with one attached hydrogen (secondary N) is 2. The number of fused-ring (bicyclic) bond motifs is 2. The number of aromatic nitrogens is 2. The summed E-state index contributed by atoms with van der Waals surface area (Å²) in [5.41, 5.74) is 9.68. The van der Waals surface area contributed by atoms with Gasteiger partial charge in [0.15, 0.2) is 0 Å². The zero-order chi connectivity index (χ0) is 24.7. The fraction of sp³-hybridized carbons (Fsp3) is 0.320. The van der Waals surface area contributed by atoms with Gasteiger partial charge in [0, 0.05) is 30.9 Å². The first-order chi connectivity index (χ1) is 16.8.